The molecule has 1 aliphatic rings. The number of amides is 2. The third-order valence-corrected chi connectivity index (χ3v) is 5.03. The third kappa shape index (κ3) is 4.85. The van der Waals surface area contributed by atoms with Crippen LogP contribution in [0.5, 0.6) is 0 Å². The van der Waals surface area contributed by atoms with E-state index >= 15 is 0 Å². The molecule has 0 aromatic heterocycles. The summed E-state index contributed by atoms with van der Waals surface area (Å²) in [5.41, 5.74) is 1.86. The van der Waals surface area contributed by atoms with Crippen LogP contribution in [0.4, 0.5) is 4.79 Å². The molecule has 2 aromatic carbocycles. The molecule has 2 amide bonds. The minimum atomic E-state index is -0.0577. The molecule has 4 nitrogen and oxygen atoms in total. The van der Waals surface area contributed by atoms with E-state index in [0.29, 0.717) is 24.7 Å². The first-order valence-electron chi connectivity index (χ1n) is 9.00. The number of likely N-dealkylation sites (tertiary alicyclic amines) is 1. The van der Waals surface area contributed by atoms with Crippen molar-refractivity contribution >= 4 is 23.4 Å². The van der Waals surface area contributed by atoms with Crippen molar-refractivity contribution in [3.63, 3.8) is 0 Å². The number of urea groups is 1. The van der Waals surface area contributed by atoms with E-state index in [2.05, 4.69) is 5.32 Å². The van der Waals surface area contributed by atoms with Gasteiger partial charge in [0.15, 0.2) is 5.78 Å². The first-order chi connectivity index (χ1) is 12.6. The number of ketones is 1. The maximum atomic E-state index is 12.5. The Labute approximate surface area is 159 Å². The van der Waals surface area contributed by atoms with Gasteiger partial charge in [-0.2, -0.15) is 0 Å². The molecule has 1 heterocycles. The highest BCUT2D eigenvalue weighted by Gasteiger charge is 2.27. The molecule has 1 aliphatic heterocycles. The van der Waals surface area contributed by atoms with Crippen LogP contribution in [0.1, 0.15) is 28.8 Å². The summed E-state index contributed by atoms with van der Waals surface area (Å²) in [5.74, 6) is 0.194. The van der Waals surface area contributed by atoms with E-state index < -0.39 is 0 Å². The van der Waals surface area contributed by atoms with Gasteiger partial charge in [-0.1, -0.05) is 54.1 Å². The van der Waals surface area contributed by atoms with Gasteiger partial charge in [-0.25, -0.2) is 4.79 Å². The zero-order chi connectivity index (χ0) is 18.4. The largest absolute Gasteiger partial charge is 0.338 e. The van der Waals surface area contributed by atoms with Gasteiger partial charge in [-0.05, 0) is 37.0 Å². The predicted octanol–water partition coefficient (Wildman–Crippen LogP) is 4.19. The molecule has 136 valence electrons. The summed E-state index contributed by atoms with van der Waals surface area (Å²) in [4.78, 5) is 26.6. The van der Waals surface area contributed by atoms with Crippen LogP contribution in [0.3, 0.4) is 0 Å². The minimum absolute atomic E-state index is 0.00732. The molecule has 0 spiro atoms. The van der Waals surface area contributed by atoms with Crippen LogP contribution in [0.25, 0.3) is 0 Å². The van der Waals surface area contributed by atoms with Crippen molar-refractivity contribution in [2.24, 2.45) is 5.92 Å². The van der Waals surface area contributed by atoms with E-state index in [-0.39, 0.29) is 17.7 Å². The van der Waals surface area contributed by atoms with Crippen LogP contribution in [-0.2, 0) is 6.42 Å². The van der Waals surface area contributed by atoms with Crippen LogP contribution < -0.4 is 5.32 Å². The Morgan fingerprint density at radius 3 is 2.46 bits per heavy atom. The number of Topliss-reactive ketones (excluding diaryl/α,β-unsaturated/α-hetero) is 1. The van der Waals surface area contributed by atoms with Gasteiger partial charge in [-0.15, -0.1) is 0 Å². The monoisotopic (exact) mass is 370 g/mol. The zero-order valence-electron chi connectivity index (χ0n) is 14.7. The van der Waals surface area contributed by atoms with E-state index in [9.17, 15) is 9.59 Å². The summed E-state index contributed by atoms with van der Waals surface area (Å²) < 4.78 is 0. The highest BCUT2D eigenvalue weighted by molar-refractivity contribution is 6.30. The van der Waals surface area contributed by atoms with Crippen molar-refractivity contribution in [1.29, 1.82) is 0 Å². The summed E-state index contributed by atoms with van der Waals surface area (Å²) in [5, 5.41) is 3.66. The Balaban J connectivity index is 1.43. The number of halogens is 1. The molecule has 0 aliphatic carbocycles. The van der Waals surface area contributed by atoms with Crippen LogP contribution in [0, 0.1) is 5.92 Å². The van der Waals surface area contributed by atoms with E-state index in [1.807, 2.05) is 54.6 Å². The first kappa shape index (κ1) is 18.5. The summed E-state index contributed by atoms with van der Waals surface area (Å²) in [7, 11) is 0. The molecule has 1 fully saturated rings. The smallest absolute Gasteiger partial charge is 0.317 e. The molecule has 0 radical (unpaired) electrons. The van der Waals surface area contributed by atoms with Gasteiger partial charge in [0.05, 0.1) is 0 Å². The van der Waals surface area contributed by atoms with Crippen molar-refractivity contribution < 1.29 is 9.59 Å². The normalized spacial score (nSPS) is 14.9. The molecule has 2 aromatic rings. The van der Waals surface area contributed by atoms with Crippen LogP contribution >= 0.6 is 11.6 Å². The molecule has 0 unspecified atom stereocenters. The highest BCUT2D eigenvalue weighted by atomic mass is 35.5. The van der Waals surface area contributed by atoms with Crippen molar-refractivity contribution in [3.05, 3.63) is 70.7 Å². The number of benzene rings is 2. The average molecular weight is 371 g/mol. The quantitative estimate of drug-likeness (QED) is 0.802. The summed E-state index contributed by atoms with van der Waals surface area (Å²) >= 11 is 5.97. The second kappa shape index (κ2) is 8.86. The number of hydrogen-bond donors (Lipinski definition) is 1. The minimum Gasteiger partial charge on any atom is -0.338 e. The summed E-state index contributed by atoms with van der Waals surface area (Å²) in [6, 6.07) is 17.0. The number of rotatable bonds is 5. The zero-order valence-corrected chi connectivity index (χ0v) is 15.4. The first-order valence-corrected chi connectivity index (χ1v) is 9.38. The van der Waals surface area contributed by atoms with E-state index in [4.69, 9.17) is 11.6 Å². The van der Waals surface area contributed by atoms with Gasteiger partial charge in [0.1, 0.15) is 0 Å². The number of hydrogen-bond acceptors (Lipinski definition) is 2. The summed E-state index contributed by atoms with van der Waals surface area (Å²) in [6.45, 7) is 1.81. The van der Waals surface area contributed by atoms with Gasteiger partial charge >= 0.3 is 6.03 Å². The van der Waals surface area contributed by atoms with Gasteiger partial charge in [0.25, 0.3) is 0 Å². The molecule has 26 heavy (non-hydrogen) atoms. The molecule has 0 bridgehead atoms. The lowest BCUT2D eigenvalue weighted by Gasteiger charge is -2.31. The topological polar surface area (TPSA) is 49.4 Å². The average Bonchev–Trinajstić information content (AvgIpc) is 2.68. The lowest BCUT2D eigenvalue weighted by atomic mass is 9.89. The van der Waals surface area contributed by atoms with Crippen molar-refractivity contribution in [2.45, 2.75) is 19.3 Å². The van der Waals surface area contributed by atoms with Crippen molar-refractivity contribution in [3.8, 4) is 0 Å². The van der Waals surface area contributed by atoms with Crippen LogP contribution in [0.2, 0.25) is 5.02 Å². The predicted molar refractivity (Wildman–Crippen MR) is 104 cm³/mol. The van der Waals surface area contributed by atoms with Crippen LogP contribution in [0.15, 0.2) is 54.6 Å². The van der Waals surface area contributed by atoms with Crippen molar-refractivity contribution in [1.82, 2.24) is 10.2 Å². The fourth-order valence-electron chi connectivity index (χ4n) is 3.30. The maximum Gasteiger partial charge on any atom is 0.317 e. The lowest BCUT2D eigenvalue weighted by molar-refractivity contribution is 0.0854. The van der Waals surface area contributed by atoms with Gasteiger partial charge in [0.2, 0.25) is 0 Å². The van der Waals surface area contributed by atoms with E-state index in [0.717, 1.165) is 30.4 Å². The molecule has 1 saturated heterocycles. The van der Waals surface area contributed by atoms with Crippen molar-refractivity contribution in [2.75, 3.05) is 19.6 Å². The number of piperidine rings is 1. The molecule has 3 rings (SSSR count). The van der Waals surface area contributed by atoms with Gasteiger partial charge in [0, 0.05) is 36.1 Å². The fourth-order valence-corrected chi connectivity index (χ4v) is 3.51. The Kier molecular flexibility index (Phi) is 6.29. The summed E-state index contributed by atoms with van der Waals surface area (Å²) in [6.07, 6.45) is 2.18. The van der Waals surface area contributed by atoms with Gasteiger partial charge in [-0.3, -0.25) is 4.79 Å². The molecule has 0 atom stereocenters. The number of nitrogens with one attached hydrogen (secondary N) is 1. The molecule has 0 saturated carbocycles. The van der Waals surface area contributed by atoms with Crippen LogP contribution in [-0.4, -0.2) is 36.3 Å². The Bertz CT molecular complexity index is 756. The maximum absolute atomic E-state index is 12.5. The SMILES string of the molecule is O=C(c1ccccc1)C1CCN(C(=O)NCCc2cccc(Cl)c2)CC1. The molecule has 5 heteroatoms. The Morgan fingerprint density at radius 1 is 1.04 bits per heavy atom. The van der Waals surface area contributed by atoms with E-state index in [1.165, 1.54) is 0 Å². The standard InChI is InChI=1S/C21H23ClN2O2/c22-19-8-4-5-16(15-19)9-12-23-21(26)24-13-10-18(11-14-24)20(25)17-6-2-1-3-7-17/h1-8,15,18H,9-14H2,(H,23,26). The Hall–Kier alpha value is -2.33. The second-order valence-electron chi connectivity index (χ2n) is 6.60. The fraction of sp³-hybridized carbons (Fsp3) is 0.333. The number of carbonyl (C=O) groups is 2. The highest BCUT2D eigenvalue weighted by Crippen LogP contribution is 2.21. The number of carbonyl (C=O) groups excluding carboxylic acids is 2. The van der Waals surface area contributed by atoms with E-state index in [1.54, 1.807) is 4.90 Å². The Morgan fingerprint density at radius 2 is 1.77 bits per heavy atom. The van der Waals surface area contributed by atoms with Gasteiger partial charge < -0.3 is 10.2 Å². The second-order valence-corrected chi connectivity index (χ2v) is 7.04. The molecular weight excluding hydrogens is 348 g/mol. The molecular formula is C21H23ClN2O2. The number of nitrogens with zero attached hydrogens (tertiary/aromatic N) is 1. The third-order valence-electron chi connectivity index (χ3n) is 4.79. The molecule has 1 N–H and O–H groups in total. The lowest BCUT2D eigenvalue weighted by Crippen LogP contribution is -2.45.